The van der Waals surface area contributed by atoms with Gasteiger partial charge in [-0.1, -0.05) is 50.2 Å². The van der Waals surface area contributed by atoms with Gasteiger partial charge < -0.3 is 10.2 Å². The molecular weight excluding hydrogens is 524 g/mol. The molecule has 0 aromatic heterocycles. The predicted octanol–water partition coefficient (Wildman–Crippen LogP) is 5.24. The molecule has 0 bridgehead atoms. The smallest absolute Gasteiger partial charge is 0.206 e. The first-order valence-electron chi connectivity index (χ1n) is 11.7. The fourth-order valence-electron chi connectivity index (χ4n) is 4.25. The Labute approximate surface area is 221 Å². The number of phenolic OH excluding ortho intramolecular Hbond substituents is 2. The van der Waals surface area contributed by atoms with Crippen LogP contribution < -0.4 is 0 Å². The van der Waals surface area contributed by atoms with Crippen LogP contribution in [-0.2, 0) is 24.5 Å². The van der Waals surface area contributed by atoms with Crippen molar-refractivity contribution in [3.63, 3.8) is 0 Å². The molecule has 0 aliphatic carbocycles. The van der Waals surface area contributed by atoms with Crippen LogP contribution in [0.3, 0.4) is 0 Å². The maximum absolute atomic E-state index is 13.5. The highest BCUT2D eigenvalue weighted by Crippen LogP contribution is 2.37. The summed E-state index contributed by atoms with van der Waals surface area (Å²) in [5.74, 6) is -2.89. The van der Waals surface area contributed by atoms with Crippen LogP contribution >= 0.6 is 0 Å². The zero-order chi connectivity index (χ0) is 27.7. The number of carbonyl (C=O) groups is 1. The van der Waals surface area contributed by atoms with E-state index >= 15 is 0 Å². The molecule has 0 saturated carbocycles. The molecule has 196 valence electrons. The molecule has 0 aliphatic heterocycles. The average Bonchev–Trinajstić information content (AvgIpc) is 2.93. The third-order valence-corrected chi connectivity index (χ3v) is 10.0. The number of benzene rings is 4. The molecule has 2 atom stereocenters. The van der Waals surface area contributed by atoms with Gasteiger partial charge in [0.25, 0.3) is 0 Å². The van der Waals surface area contributed by atoms with Crippen LogP contribution in [0.25, 0.3) is 0 Å². The zero-order valence-electron chi connectivity index (χ0n) is 20.6. The summed E-state index contributed by atoms with van der Waals surface area (Å²) in [5.41, 5.74) is 0.206. The highest BCUT2D eigenvalue weighted by Gasteiger charge is 2.29. The largest absolute Gasteiger partial charge is 0.508 e. The van der Waals surface area contributed by atoms with Crippen molar-refractivity contribution in [3.05, 3.63) is 108 Å². The monoisotopic (exact) mass is 550 g/mol. The predicted molar refractivity (Wildman–Crippen MR) is 142 cm³/mol. The normalized spacial score (nSPS) is 13.5. The van der Waals surface area contributed by atoms with Crippen LogP contribution in [0.5, 0.6) is 11.5 Å². The maximum atomic E-state index is 13.5. The first kappa shape index (κ1) is 27.1. The second kappa shape index (κ2) is 10.4. The van der Waals surface area contributed by atoms with E-state index in [1.54, 1.807) is 36.4 Å². The van der Waals surface area contributed by atoms with Gasteiger partial charge in [0.1, 0.15) is 17.3 Å². The van der Waals surface area contributed by atoms with Crippen molar-refractivity contribution in [3.8, 4) is 11.5 Å². The molecule has 0 heterocycles. The third kappa shape index (κ3) is 5.07. The van der Waals surface area contributed by atoms with Crippen LogP contribution in [0.2, 0.25) is 0 Å². The van der Waals surface area contributed by atoms with Crippen molar-refractivity contribution in [2.24, 2.45) is 0 Å². The second-order valence-electron chi connectivity index (χ2n) is 8.92. The average molecular weight is 551 g/mol. The number of hydrogen-bond acceptors (Lipinski definition) is 7. The minimum atomic E-state index is -3.89. The lowest BCUT2D eigenvalue weighted by Crippen LogP contribution is -2.18. The van der Waals surface area contributed by atoms with E-state index in [-0.39, 0.29) is 42.2 Å². The molecule has 0 radical (unpaired) electrons. The van der Waals surface area contributed by atoms with Crippen molar-refractivity contribution >= 4 is 25.5 Å². The standard InChI is InChI=1S/C29H26O7S2/c1-19(25-17-23(13-15-27(25)30)37(33,34)21-9-5-3-6-10-21)29(32)20(2)26-18-24(14-16-28(26)31)38(35,36)22-11-7-4-8-12-22/h3-20,30-31H,1-2H3. The minimum Gasteiger partial charge on any atom is -0.508 e. The van der Waals surface area contributed by atoms with Crippen molar-refractivity contribution < 1.29 is 31.8 Å². The molecule has 4 rings (SSSR count). The number of ketones is 1. The molecule has 38 heavy (non-hydrogen) atoms. The van der Waals surface area contributed by atoms with Crippen LogP contribution in [0.4, 0.5) is 0 Å². The van der Waals surface area contributed by atoms with Gasteiger partial charge in [-0.05, 0) is 60.7 Å². The fourth-order valence-corrected chi connectivity index (χ4v) is 6.88. The molecule has 4 aromatic carbocycles. The third-order valence-electron chi connectivity index (χ3n) is 6.51. The summed E-state index contributed by atoms with van der Waals surface area (Å²) < 4.78 is 52.3. The summed E-state index contributed by atoms with van der Waals surface area (Å²) in [7, 11) is -7.79. The van der Waals surface area contributed by atoms with Gasteiger partial charge in [0.15, 0.2) is 0 Å². The Hall–Kier alpha value is -3.95. The molecule has 9 heteroatoms. The Kier molecular flexibility index (Phi) is 7.44. The molecule has 0 spiro atoms. The zero-order valence-corrected chi connectivity index (χ0v) is 22.3. The van der Waals surface area contributed by atoms with E-state index < -0.39 is 37.3 Å². The Morgan fingerprint density at radius 3 is 1.24 bits per heavy atom. The van der Waals surface area contributed by atoms with Gasteiger partial charge in [-0.3, -0.25) is 4.79 Å². The summed E-state index contributed by atoms with van der Waals surface area (Å²) in [6.45, 7) is 3.04. The number of rotatable bonds is 8. The quantitative estimate of drug-likeness (QED) is 0.307. The summed E-state index contributed by atoms with van der Waals surface area (Å²) in [4.78, 5) is 13.5. The fraction of sp³-hybridized carbons (Fsp3) is 0.138. The van der Waals surface area contributed by atoms with Gasteiger partial charge >= 0.3 is 0 Å². The van der Waals surface area contributed by atoms with Crippen molar-refractivity contribution in [2.45, 2.75) is 45.3 Å². The Morgan fingerprint density at radius 2 is 0.895 bits per heavy atom. The van der Waals surface area contributed by atoms with E-state index in [1.807, 2.05) is 0 Å². The SMILES string of the molecule is CC(C(=O)C(C)c1cc(S(=O)(=O)c2ccccc2)ccc1O)c1cc(S(=O)(=O)c2ccccc2)ccc1O. The van der Waals surface area contributed by atoms with Gasteiger partial charge in [-0.15, -0.1) is 0 Å². The van der Waals surface area contributed by atoms with E-state index in [9.17, 15) is 31.8 Å². The lowest BCUT2D eigenvalue weighted by molar-refractivity contribution is -0.121. The number of hydrogen-bond donors (Lipinski definition) is 2. The summed E-state index contributed by atoms with van der Waals surface area (Å²) in [5, 5.41) is 21.0. The topological polar surface area (TPSA) is 126 Å². The molecule has 0 amide bonds. The first-order valence-corrected chi connectivity index (χ1v) is 14.7. The van der Waals surface area contributed by atoms with Crippen LogP contribution in [-0.4, -0.2) is 32.8 Å². The van der Waals surface area contributed by atoms with Crippen LogP contribution in [0, 0.1) is 0 Å². The van der Waals surface area contributed by atoms with E-state index in [1.165, 1.54) is 74.5 Å². The second-order valence-corrected chi connectivity index (χ2v) is 12.8. The number of carbonyl (C=O) groups excluding carboxylic acids is 1. The maximum Gasteiger partial charge on any atom is 0.206 e. The van der Waals surface area contributed by atoms with Gasteiger partial charge in [-0.25, -0.2) is 16.8 Å². The summed E-state index contributed by atoms with van der Waals surface area (Å²) >= 11 is 0. The summed E-state index contributed by atoms with van der Waals surface area (Å²) in [6.07, 6.45) is 0. The van der Waals surface area contributed by atoms with Crippen molar-refractivity contribution in [2.75, 3.05) is 0 Å². The van der Waals surface area contributed by atoms with Crippen LogP contribution in [0.1, 0.15) is 36.8 Å². The van der Waals surface area contributed by atoms with E-state index in [4.69, 9.17) is 0 Å². The minimum absolute atomic E-state index is 0.0744. The Balaban J connectivity index is 1.68. The molecule has 2 N–H and O–H groups in total. The number of Topliss-reactive ketones (excluding diaryl/α,β-unsaturated/α-hetero) is 1. The van der Waals surface area contributed by atoms with Gasteiger partial charge in [0.05, 0.1) is 19.6 Å². The molecule has 0 saturated heterocycles. The highest BCUT2D eigenvalue weighted by molar-refractivity contribution is 7.91. The van der Waals surface area contributed by atoms with Gasteiger partial charge in [0, 0.05) is 23.0 Å². The Morgan fingerprint density at radius 1 is 0.553 bits per heavy atom. The molecule has 7 nitrogen and oxygen atoms in total. The van der Waals surface area contributed by atoms with E-state index in [2.05, 4.69) is 0 Å². The first-order chi connectivity index (χ1) is 17.9. The number of sulfone groups is 2. The van der Waals surface area contributed by atoms with Gasteiger partial charge in [-0.2, -0.15) is 0 Å². The molecule has 2 unspecified atom stereocenters. The Bertz CT molecular complexity index is 1570. The molecule has 0 aliphatic rings. The lowest BCUT2D eigenvalue weighted by Gasteiger charge is -2.20. The number of phenols is 2. The van der Waals surface area contributed by atoms with Gasteiger partial charge in [0.2, 0.25) is 19.7 Å². The van der Waals surface area contributed by atoms with Crippen molar-refractivity contribution in [1.29, 1.82) is 0 Å². The lowest BCUT2D eigenvalue weighted by atomic mass is 9.85. The molecular formula is C29H26O7S2. The van der Waals surface area contributed by atoms with Crippen molar-refractivity contribution in [1.82, 2.24) is 0 Å². The molecule has 4 aromatic rings. The van der Waals surface area contributed by atoms with E-state index in [0.29, 0.717) is 0 Å². The number of aromatic hydroxyl groups is 2. The van der Waals surface area contributed by atoms with E-state index in [0.717, 1.165) is 0 Å². The highest BCUT2D eigenvalue weighted by atomic mass is 32.2. The molecule has 0 fully saturated rings. The summed E-state index contributed by atoms with van der Waals surface area (Å²) in [6, 6.07) is 23.1. The van der Waals surface area contributed by atoms with Crippen LogP contribution in [0.15, 0.2) is 117 Å².